The van der Waals surface area contributed by atoms with Gasteiger partial charge in [0, 0.05) is 30.0 Å². The SMILES string of the molecule is COc1cccnc1N[C@H]1C[C@H](N2C(=O)C(C)(C)c3cccnc32)C1. The van der Waals surface area contributed by atoms with E-state index < -0.39 is 5.41 Å². The standard InChI is InChI=1S/C19H22N4O2/c1-19(2)14-6-4-9-21-17(14)23(18(19)24)13-10-12(11-13)22-16-15(25-3)7-5-8-20-16/h4-9,12-13H,10-11H2,1-3H3,(H,20,22)/t12-,13-. The molecule has 25 heavy (non-hydrogen) atoms. The fourth-order valence-electron chi connectivity index (χ4n) is 3.70. The third-order valence-electron chi connectivity index (χ3n) is 5.25. The van der Waals surface area contributed by atoms with E-state index in [4.69, 9.17) is 4.74 Å². The van der Waals surface area contributed by atoms with Crippen LogP contribution in [0.2, 0.25) is 0 Å². The minimum absolute atomic E-state index is 0.139. The summed E-state index contributed by atoms with van der Waals surface area (Å²) in [5.74, 6) is 2.44. The minimum Gasteiger partial charge on any atom is -0.493 e. The van der Waals surface area contributed by atoms with Crippen molar-refractivity contribution >= 4 is 17.5 Å². The number of nitrogens with one attached hydrogen (secondary N) is 1. The zero-order chi connectivity index (χ0) is 17.6. The van der Waals surface area contributed by atoms with Crippen molar-refractivity contribution in [2.24, 2.45) is 0 Å². The number of hydrogen-bond donors (Lipinski definition) is 1. The molecule has 4 rings (SSSR count). The highest BCUT2D eigenvalue weighted by molar-refractivity contribution is 6.07. The van der Waals surface area contributed by atoms with Crippen LogP contribution in [0.1, 0.15) is 32.3 Å². The first-order valence-corrected chi connectivity index (χ1v) is 8.57. The molecular weight excluding hydrogens is 316 g/mol. The van der Waals surface area contributed by atoms with Crippen LogP contribution in [-0.2, 0) is 10.2 Å². The van der Waals surface area contributed by atoms with Crippen LogP contribution in [0.15, 0.2) is 36.7 Å². The fourth-order valence-corrected chi connectivity index (χ4v) is 3.70. The number of pyridine rings is 2. The van der Waals surface area contributed by atoms with Crippen molar-refractivity contribution in [1.82, 2.24) is 9.97 Å². The van der Waals surface area contributed by atoms with Gasteiger partial charge in [0.2, 0.25) is 5.91 Å². The maximum Gasteiger partial charge on any atom is 0.238 e. The highest BCUT2D eigenvalue weighted by atomic mass is 16.5. The molecule has 6 heteroatoms. The molecule has 1 amide bonds. The third-order valence-corrected chi connectivity index (χ3v) is 5.25. The lowest BCUT2D eigenvalue weighted by atomic mass is 9.84. The Labute approximate surface area is 147 Å². The second-order valence-corrected chi connectivity index (χ2v) is 7.20. The number of methoxy groups -OCH3 is 1. The highest BCUT2D eigenvalue weighted by Crippen LogP contribution is 2.44. The van der Waals surface area contributed by atoms with E-state index in [1.54, 1.807) is 19.5 Å². The number of anilines is 2. The number of carbonyl (C=O) groups is 1. The normalized spacial score (nSPS) is 23.8. The summed E-state index contributed by atoms with van der Waals surface area (Å²) in [6.07, 6.45) is 5.25. The molecule has 1 N–H and O–H groups in total. The second-order valence-electron chi connectivity index (χ2n) is 7.20. The lowest BCUT2D eigenvalue weighted by Gasteiger charge is -2.41. The Morgan fingerprint density at radius 2 is 1.92 bits per heavy atom. The van der Waals surface area contributed by atoms with Crippen molar-refractivity contribution in [2.45, 2.75) is 44.2 Å². The number of nitrogens with zero attached hydrogens (tertiary/aromatic N) is 3. The smallest absolute Gasteiger partial charge is 0.238 e. The van der Waals surface area contributed by atoms with E-state index in [9.17, 15) is 4.79 Å². The van der Waals surface area contributed by atoms with Gasteiger partial charge < -0.3 is 10.1 Å². The topological polar surface area (TPSA) is 67.3 Å². The average molecular weight is 338 g/mol. The molecule has 2 aliphatic rings. The molecule has 3 heterocycles. The van der Waals surface area contributed by atoms with Gasteiger partial charge in [0.25, 0.3) is 0 Å². The van der Waals surface area contributed by atoms with Gasteiger partial charge in [0.15, 0.2) is 11.6 Å². The lowest BCUT2D eigenvalue weighted by molar-refractivity contribution is -0.122. The van der Waals surface area contributed by atoms with E-state index in [1.807, 2.05) is 43.0 Å². The molecule has 0 spiro atoms. The van der Waals surface area contributed by atoms with Gasteiger partial charge in [-0.05, 0) is 44.9 Å². The summed E-state index contributed by atoms with van der Waals surface area (Å²) in [6.45, 7) is 3.95. The van der Waals surface area contributed by atoms with Gasteiger partial charge in [-0.2, -0.15) is 0 Å². The molecule has 0 atom stereocenters. The lowest BCUT2D eigenvalue weighted by Crippen LogP contribution is -2.53. The number of fused-ring (bicyclic) bond motifs is 1. The Morgan fingerprint density at radius 1 is 1.20 bits per heavy atom. The molecule has 1 saturated carbocycles. The van der Waals surface area contributed by atoms with Crippen LogP contribution >= 0.6 is 0 Å². The first kappa shape index (κ1) is 15.9. The van der Waals surface area contributed by atoms with E-state index in [1.165, 1.54) is 0 Å². The Hall–Kier alpha value is -2.63. The minimum atomic E-state index is -0.508. The Kier molecular flexibility index (Phi) is 3.63. The Balaban J connectivity index is 1.49. The molecule has 1 aliphatic heterocycles. The van der Waals surface area contributed by atoms with Gasteiger partial charge in [-0.1, -0.05) is 6.07 Å². The molecule has 0 bridgehead atoms. The predicted molar refractivity (Wildman–Crippen MR) is 96.0 cm³/mol. The first-order chi connectivity index (χ1) is 12.0. The quantitative estimate of drug-likeness (QED) is 0.928. The van der Waals surface area contributed by atoms with Crippen molar-refractivity contribution in [3.05, 3.63) is 42.2 Å². The number of ether oxygens (including phenoxy) is 1. The van der Waals surface area contributed by atoms with Gasteiger partial charge in [-0.3, -0.25) is 9.69 Å². The van der Waals surface area contributed by atoms with E-state index in [0.717, 1.165) is 35.8 Å². The van der Waals surface area contributed by atoms with Gasteiger partial charge in [-0.15, -0.1) is 0 Å². The molecule has 0 unspecified atom stereocenters. The van der Waals surface area contributed by atoms with Crippen molar-refractivity contribution in [2.75, 3.05) is 17.3 Å². The van der Waals surface area contributed by atoms with Gasteiger partial charge in [0.05, 0.1) is 12.5 Å². The van der Waals surface area contributed by atoms with Crippen molar-refractivity contribution in [3.63, 3.8) is 0 Å². The van der Waals surface area contributed by atoms with Gasteiger partial charge in [0.1, 0.15) is 5.82 Å². The van der Waals surface area contributed by atoms with Crippen LogP contribution in [0.4, 0.5) is 11.6 Å². The molecule has 0 radical (unpaired) electrons. The number of carbonyl (C=O) groups excluding carboxylic acids is 1. The van der Waals surface area contributed by atoms with Crippen LogP contribution < -0.4 is 15.0 Å². The maximum absolute atomic E-state index is 12.9. The summed E-state index contributed by atoms with van der Waals surface area (Å²) < 4.78 is 5.33. The molecule has 0 aromatic carbocycles. The van der Waals surface area contributed by atoms with E-state index in [0.29, 0.717) is 0 Å². The fraction of sp³-hybridized carbons (Fsp3) is 0.421. The zero-order valence-corrected chi connectivity index (χ0v) is 14.7. The zero-order valence-electron chi connectivity index (χ0n) is 14.7. The molecule has 0 saturated heterocycles. The number of aromatic nitrogens is 2. The van der Waals surface area contributed by atoms with Crippen LogP contribution in [0.25, 0.3) is 0 Å². The molecule has 1 fully saturated rings. The molecule has 2 aromatic rings. The molecule has 2 aromatic heterocycles. The summed E-state index contributed by atoms with van der Waals surface area (Å²) in [6, 6.07) is 8.09. The van der Waals surface area contributed by atoms with Crippen LogP contribution in [0.5, 0.6) is 5.75 Å². The second kappa shape index (κ2) is 5.72. The molecule has 6 nitrogen and oxygen atoms in total. The first-order valence-electron chi connectivity index (χ1n) is 8.57. The summed E-state index contributed by atoms with van der Waals surface area (Å²) in [4.78, 5) is 23.6. The maximum atomic E-state index is 12.9. The van der Waals surface area contributed by atoms with Crippen LogP contribution in [0, 0.1) is 0 Å². The average Bonchev–Trinajstić information content (AvgIpc) is 2.79. The van der Waals surface area contributed by atoms with E-state index in [-0.39, 0.29) is 18.0 Å². The van der Waals surface area contributed by atoms with Crippen molar-refractivity contribution in [1.29, 1.82) is 0 Å². The Morgan fingerprint density at radius 3 is 2.68 bits per heavy atom. The molecule has 130 valence electrons. The summed E-state index contributed by atoms with van der Waals surface area (Å²) in [7, 11) is 1.64. The third kappa shape index (κ3) is 2.44. The van der Waals surface area contributed by atoms with Crippen molar-refractivity contribution in [3.8, 4) is 5.75 Å². The summed E-state index contributed by atoms with van der Waals surface area (Å²) >= 11 is 0. The predicted octanol–water partition coefficient (Wildman–Crippen LogP) is 2.75. The van der Waals surface area contributed by atoms with Crippen LogP contribution in [-0.4, -0.2) is 35.1 Å². The molecule has 1 aliphatic carbocycles. The number of hydrogen-bond acceptors (Lipinski definition) is 5. The number of rotatable bonds is 4. The highest BCUT2D eigenvalue weighted by Gasteiger charge is 2.50. The number of amides is 1. The monoisotopic (exact) mass is 338 g/mol. The van der Waals surface area contributed by atoms with Gasteiger partial charge in [-0.25, -0.2) is 9.97 Å². The summed E-state index contributed by atoms with van der Waals surface area (Å²) in [5.41, 5.74) is 0.509. The van der Waals surface area contributed by atoms with Crippen LogP contribution in [0.3, 0.4) is 0 Å². The summed E-state index contributed by atoms with van der Waals surface area (Å²) in [5, 5.41) is 3.42. The molecular formula is C19H22N4O2. The largest absolute Gasteiger partial charge is 0.493 e. The Bertz CT molecular complexity index is 815. The van der Waals surface area contributed by atoms with Crippen molar-refractivity contribution < 1.29 is 9.53 Å². The van der Waals surface area contributed by atoms with Gasteiger partial charge >= 0.3 is 0 Å². The van der Waals surface area contributed by atoms with E-state index >= 15 is 0 Å². The van der Waals surface area contributed by atoms with E-state index in [2.05, 4.69) is 15.3 Å².